The molecule has 7 nitrogen and oxygen atoms in total. The molecule has 2 heterocycles. The van der Waals surface area contributed by atoms with Crippen molar-refractivity contribution in [2.24, 2.45) is 5.92 Å². The minimum Gasteiger partial charge on any atom is -0.325 e. The summed E-state index contributed by atoms with van der Waals surface area (Å²) >= 11 is 0. The smallest absolute Gasteiger partial charge is 0.258 e. The maximum absolute atomic E-state index is 13.2. The fraction of sp³-hybridized carbons (Fsp3) is 0.280. The molecule has 0 saturated carbocycles. The van der Waals surface area contributed by atoms with Crippen LogP contribution < -0.4 is 10.2 Å². The first-order valence-electron chi connectivity index (χ1n) is 11.2. The molecule has 3 aromatic rings. The molecule has 0 aliphatic carbocycles. The Hall–Kier alpha value is -3.23. The first-order chi connectivity index (χ1) is 15.9. The lowest BCUT2D eigenvalue weighted by Crippen LogP contribution is -2.43. The highest BCUT2D eigenvalue weighted by Crippen LogP contribution is 2.40. The van der Waals surface area contributed by atoms with Crippen LogP contribution in [-0.2, 0) is 14.8 Å². The van der Waals surface area contributed by atoms with Gasteiger partial charge in [0.2, 0.25) is 15.9 Å². The van der Waals surface area contributed by atoms with Crippen LogP contribution in [0, 0.1) is 5.92 Å². The van der Waals surface area contributed by atoms with Gasteiger partial charge in [0, 0.05) is 41.7 Å². The number of rotatable bonds is 5. The molecule has 1 N–H and O–H groups in total. The molecular weight excluding hydrogens is 438 g/mol. The number of carbonyl (C=O) groups excluding carboxylic acids is 2. The van der Waals surface area contributed by atoms with E-state index in [0.29, 0.717) is 37.2 Å². The molecular formula is C25H25N3O4S. The number of nitrogens with zero attached hydrogens (tertiary/aromatic N) is 2. The van der Waals surface area contributed by atoms with Crippen molar-refractivity contribution < 1.29 is 18.0 Å². The quantitative estimate of drug-likeness (QED) is 0.623. The van der Waals surface area contributed by atoms with Crippen molar-refractivity contribution in [2.75, 3.05) is 29.9 Å². The highest BCUT2D eigenvalue weighted by Gasteiger charge is 2.34. The number of carbonyl (C=O) groups is 2. The molecule has 0 spiro atoms. The summed E-state index contributed by atoms with van der Waals surface area (Å²) in [6.45, 7) is 3.05. The molecule has 0 radical (unpaired) electrons. The molecule has 2 amide bonds. The average Bonchev–Trinajstić information content (AvgIpc) is 3.13. The van der Waals surface area contributed by atoms with Gasteiger partial charge >= 0.3 is 0 Å². The first kappa shape index (κ1) is 21.6. The standard InChI is InChI=1S/C25H25N3O4S/c1-2-28-22-14-13-21(19-11-6-12-20(23(19)22)25(28)30)26-24(29)17-8-7-15-27(16-17)33(31,32)18-9-4-3-5-10-18/h3-6,9-14,17H,2,7-8,15-16H2,1H3,(H,26,29). The number of nitrogens with one attached hydrogen (secondary N) is 1. The molecule has 0 bridgehead atoms. The van der Waals surface area contributed by atoms with Crippen molar-refractivity contribution in [3.63, 3.8) is 0 Å². The van der Waals surface area contributed by atoms with Crippen molar-refractivity contribution in [2.45, 2.75) is 24.7 Å². The Morgan fingerprint density at radius 1 is 1.06 bits per heavy atom. The van der Waals surface area contributed by atoms with Crippen LogP contribution in [0.2, 0.25) is 0 Å². The van der Waals surface area contributed by atoms with Crippen LogP contribution in [0.25, 0.3) is 10.8 Å². The van der Waals surface area contributed by atoms with Gasteiger partial charge in [0.05, 0.1) is 16.5 Å². The number of hydrogen-bond donors (Lipinski definition) is 1. The van der Waals surface area contributed by atoms with E-state index in [1.54, 1.807) is 35.2 Å². The third-order valence-corrected chi connectivity index (χ3v) is 8.37. The van der Waals surface area contributed by atoms with E-state index in [0.717, 1.165) is 16.5 Å². The van der Waals surface area contributed by atoms with Crippen molar-refractivity contribution in [1.29, 1.82) is 0 Å². The second-order valence-electron chi connectivity index (χ2n) is 8.41. The number of piperidine rings is 1. The van der Waals surface area contributed by atoms with Crippen LogP contribution in [-0.4, -0.2) is 44.2 Å². The van der Waals surface area contributed by atoms with Gasteiger partial charge < -0.3 is 10.2 Å². The molecule has 1 unspecified atom stereocenters. The molecule has 2 aliphatic rings. The normalized spacial score (nSPS) is 18.6. The van der Waals surface area contributed by atoms with E-state index in [1.807, 2.05) is 37.3 Å². The van der Waals surface area contributed by atoms with Crippen molar-refractivity contribution in [3.8, 4) is 0 Å². The molecule has 33 heavy (non-hydrogen) atoms. The molecule has 0 aromatic heterocycles. The minimum absolute atomic E-state index is 0.0318. The number of anilines is 2. The maximum atomic E-state index is 13.2. The molecule has 170 valence electrons. The fourth-order valence-corrected chi connectivity index (χ4v) is 6.36. The monoisotopic (exact) mass is 463 g/mol. The predicted molar refractivity (Wildman–Crippen MR) is 128 cm³/mol. The Labute approximate surface area is 193 Å². The summed E-state index contributed by atoms with van der Waals surface area (Å²) < 4.78 is 27.4. The van der Waals surface area contributed by atoms with Gasteiger partial charge in [-0.3, -0.25) is 9.59 Å². The zero-order chi connectivity index (χ0) is 23.2. The van der Waals surface area contributed by atoms with Crippen molar-refractivity contribution >= 4 is 44.0 Å². The van der Waals surface area contributed by atoms with Gasteiger partial charge in [-0.1, -0.05) is 30.3 Å². The molecule has 8 heteroatoms. The molecule has 1 atom stereocenters. The highest BCUT2D eigenvalue weighted by molar-refractivity contribution is 7.89. The lowest BCUT2D eigenvalue weighted by molar-refractivity contribution is -0.120. The second-order valence-corrected chi connectivity index (χ2v) is 10.4. The lowest BCUT2D eigenvalue weighted by Gasteiger charge is -2.31. The Balaban J connectivity index is 1.40. The lowest BCUT2D eigenvalue weighted by atomic mass is 9.98. The van der Waals surface area contributed by atoms with E-state index >= 15 is 0 Å². The summed E-state index contributed by atoms with van der Waals surface area (Å²) in [7, 11) is -3.64. The molecule has 3 aromatic carbocycles. The third kappa shape index (κ3) is 3.59. The van der Waals surface area contributed by atoms with Gasteiger partial charge in [-0.2, -0.15) is 4.31 Å². The average molecular weight is 464 g/mol. The minimum atomic E-state index is -3.64. The summed E-state index contributed by atoms with van der Waals surface area (Å²) in [5, 5.41) is 4.66. The first-order valence-corrected chi connectivity index (χ1v) is 12.6. The number of benzene rings is 3. The van der Waals surface area contributed by atoms with Gasteiger partial charge in [-0.15, -0.1) is 0 Å². The summed E-state index contributed by atoms with van der Waals surface area (Å²) in [5.74, 6) is -0.690. The number of hydrogen-bond acceptors (Lipinski definition) is 4. The summed E-state index contributed by atoms with van der Waals surface area (Å²) in [6, 6.07) is 17.5. The van der Waals surface area contributed by atoms with E-state index in [9.17, 15) is 18.0 Å². The third-order valence-electron chi connectivity index (χ3n) is 6.49. The predicted octanol–water partition coefficient (Wildman–Crippen LogP) is 3.86. The molecule has 2 aliphatic heterocycles. The van der Waals surface area contributed by atoms with Gasteiger partial charge in [0.1, 0.15) is 0 Å². The van der Waals surface area contributed by atoms with Crippen LogP contribution in [0.15, 0.2) is 65.6 Å². The van der Waals surface area contributed by atoms with Gasteiger partial charge in [-0.05, 0) is 50.1 Å². The summed E-state index contributed by atoms with van der Waals surface area (Å²) in [6.07, 6.45) is 1.24. The molecule has 1 fully saturated rings. The van der Waals surface area contributed by atoms with E-state index < -0.39 is 15.9 Å². The summed E-state index contributed by atoms with van der Waals surface area (Å²) in [5.41, 5.74) is 2.12. The van der Waals surface area contributed by atoms with Gasteiger partial charge in [0.15, 0.2) is 0 Å². The Morgan fingerprint density at radius 2 is 1.85 bits per heavy atom. The maximum Gasteiger partial charge on any atom is 0.258 e. The van der Waals surface area contributed by atoms with E-state index in [-0.39, 0.29) is 23.3 Å². The molecule has 5 rings (SSSR count). The SMILES string of the molecule is CCN1C(=O)c2cccc3c(NC(=O)C4CCCN(S(=O)(=O)c5ccccc5)C4)ccc1c23. The second kappa shape index (κ2) is 8.28. The zero-order valence-electron chi connectivity index (χ0n) is 18.3. The number of sulfonamides is 1. The van der Waals surface area contributed by atoms with Gasteiger partial charge in [0.25, 0.3) is 5.91 Å². The summed E-state index contributed by atoms with van der Waals surface area (Å²) in [4.78, 5) is 27.9. The van der Waals surface area contributed by atoms with Crippen molar-refractivity contribution in [1.82, 2.24) is 4.31 Å². The zero-order valence-corrected chi connectivity index (χ0v) is 19.1. The fourth-order valence-electron chi connectivity index (χ4n) is 4.82. The van der Waals surface area contributed by atoms with E-state index in [1.165, 1.54) is 4.31 Å². The Kier molecular flexibility index (Phi) is 5.42. The van der Waals surface area contributed by atoms with Crippen LogP contribution in [0.5, 0.6) is 0 Å². The Morgan fingerprint density at radius 3 is 2.61 bits per heavy atom. The Bertz CT molecular complexity index is 1350. The van der Waals surface area contributed by atoms with Crippen LogP contribution in [0.1, 0.15) is 30.1 Å². The van der Waals surface area contributed by atoms with Crippen LogP contribution in [0.3, 0.4) is 0 Å². The number of amides is 2. The van der Waals surface area contributed by atoms with E-state index in [2.05, 4.69) is 5.32 Å². The molecule has 1 saturated heterocycles. The van der Waals surface area contributed by atoms with Gasteiger partial charge in [-0.25, -0.2) is 8.42 Å². The van der Waals surface area contributed by atoms with Crippen LogP contribution >= 0.6 is 0 Å². The van der Waals surface area contributed by atoms with Crippen molar-refractivity contribution in [3.05, 3.63) is 66.2 Å². The van der Waals surface area contributed by atoms with E-state index in [4.69, 9.17) is 0 Å². The largest absolute Gasteiger partial charge is 0.325 e. The highest BCUT2D eigenvalue weighted by atomic mass is 32.2. The van der Waals surface area contributed by atoms with Crippen LogP contribution in [0.4, 0.5) is 11.4 Å². The topological polar surface area (TPSA) is 86.8 Å².